The summed E-state index contributed by atoms with van der Waals surface area (Å²) in [6.45, 7) is 5.02. The van der Waals surface area contributed by atoms with E-state index in [0.717, 1.165) is 15.4 Å². The highest BCUT2D eigenvalue weighted by Crippen LogP contribution is 2.27. The lowest BCUT2D eigenvalue weighted by Gasteiger charge is -2.25. The molecule has 0 spiro atoms. The summed E-state index contributed by atoms with van der Waals surface area (Å²) >= 11 is 0. The van der Waals surface area contributed by atoms with Crippen LogP contribution < -0.4 is 14.3 Å². The molecule has 0 saturated carbocycles. The van der Waals surface area contributed by atoms with E-state index in [9.17, 15) is 21.6 Å². The van der Waals surface area contributed by atoms with E-state index in [-0.39, 0.29) is 9.79 Å². The maximum atomic E-state index is 13.6. The molecule has 2 N–H and O–H groups in total. The SMILES string of the molecule is Cc1ccc(S(=O)(=O)N(CC(=O)Nc2ccc(S(=O)(=O)Nc3cccc(C)c3)cc2)c2ccccc2C)cc1. The van der Waals surface area contributed by atoms with Crippen LogP contribution >= 0.6 is 0 Å². The fourth-order valence-corrected chi connectivity index (χ4v) is 6.49. The Hall–Kier alpha value is -4.15. The van der Waals surface area contributed by atoms with Crippen molar-refractivity contribution in [1.82, 2.24) is 0 Å². The molecule has 4 aromatic carbocycles. The van der Waals surface area contributed by atoms with Crippen molar-refractivity contribution >= 4 is 43.0 Å². The first-order valence-electron chi connectivity index (χ1n) is 12.1. The first kappa shape index (κ1) is 27.9. The van der Waals surface area contributed by atoms with E-state index in [1.54, 1.807) is 61.5 Å². The Morgan fingerprint density at radius 3 is 1.97 bits per heavy atom. The largest absolute Gasteiger partial charge is 0.325 e. The topological polar surface area (TPSA) is 113 Å². The van der Waals surface area contributed by atoms with E-state index in [1.807, 2.05) is 19.9 Å². The van der Waals surface area contributed by atoms with Gasteiger partial charge in [0.1, 0.15) is 6.54 Å². The number of rotatable bonds is 9. The van der Waals surface area contributed by atoms with Crippen molar-refractivity contribution in [3.63, 3.8) is 0 Å². The summed E-state index contributed by atoms with van der Waals surface area (Å²) < 4.78 is 56.3. The van der Waals surface area contributed by atoms with Gasteiger partial charge in [0.2, 0.25) is 5.91 Å². The standard InChI is InChI=1S/C29H29N3O5S2/c1-21-11-15-27(16-12-21)39(36,37)32(28-10-5-4-8-23(28)3)20-29(33)30-24-13-17-26(18-14-24)38(34,35)31-25-9-6-7-22(2)19-25/h4-19,31H,20H2,1-3H3,(H,30,33). The molecule has 0 aliphatic heterocycles. The normalized spacial score (nSPS) is 11.6. The number of carbonyl (C=O) groups is 1. The number of sulfonamides is 2. The van der Waals surface area contributed by atoms with Crippen LogP contribution in [0, 0.1) is 20.8 Å². The second kappa shape index (κ2) is 11.3. The molecular weight excluding hydrogens is 534 g/mol. The average Bonchev–Trinajstić information content (AvgIpc) is 2.88. The number of nitrogens with one attached hydrogen (secondary N) is 2. The third-order valence-electron chi connectivity index (χ3n) is 6.00. The molecule has 0 unspecified atom stereocenters. The number of nitrogens with zero attached hydrogens (tertiary/aromatic N) is 1. The predicted molar refractivity (Wildman–Crippen MR) is 154 cm³/mol. The lowest BCUT2D eigenvalue weighted by Crippen LogP contribution is -2.38. The Kier molecular flexibility index (Phi) is 8.08. The smallest absolute Gasteiger partial charge is 0.264 e. The number of amides is 1. The van der Waals surface area contributed by atoms with Gasteiger partial charge in [0.05, 0.1) is 15.5 Å². The van der Waals surface area contributed by atoms with Crippen molar-refractivity contribution in [2.24, 2.45) is 0 Å². The van der Waals surface area contributed by atoms with Crippen LogP contribution in [0.1, 0.15) is 16.7 Å². The fraction of sp³-hybridized carbons (Fsp3) is 0.138. The molecular formula is C29H29N3O5S2. The minimum Gasteiger partial charge on any atom is -0.325 e. The van der Waals surface area contributed by atoms with Crippen LogP contribution in [0.15, 0.2) is 107 Å². The summed E-state index contributed by atoms with van der Waals surface area (Å²) in [6.07, 6.45) is 0. The van der Waals surface area contributed by atoms with Gasteiger partial charge < -0.3 is 5.32 Å². The first-order valence-corrected chi connectivity index (χ1v) is 15.0. The fourth-order valence-electron chi connectivity index (χ4n) is 3.95. The number of hydrogen-bond acceptors (Lipinski definition) is 5. The molecule has 4 rings (SSSR count). The Morgan fingerprint density at radius 1 is 0.692 bits per heavy atom. The molecule has 0 aliphatic rings. The van der Waals surface area contributed by atoms with Gasteiger partial charge in [-0.1, -0.05) is 48.0 Å². The van der Waals surface area contributed by atoms with E-state index in [2.05, 4.69) is 10.0 Å². The number of hydrogen-bond donors (Lipinski definition) is 2. The minimum atomic E-state index is -4.05. The van der Waals surface area contributed by atoms with Crippen LogP contribution in [0.5, 0.6) is 0 Å². The van der Waals surface area contributed by atoms with Crippen LogP contribution in [0.3, 0.4) is 0 Å². The third-order valence-corrected chi connectivity index (χ3v) is 9.17. The third kappa shape index (κ3) is 6.65. The van der Waals surface area contributed by atoms with Gasteiger partial charge in [-0.15, -0.1) is 0 Å². The van der Waals surface area contributed by atoms with Gasteiger partial charge in [-0.25, -0.2) is 16.8 Å². The summed E-state index contributed by atoms with van der Waals surface area (Å²) in [4.78, 5) is 13.1. The number of carbonyl (C=O) groups excluding carboxylic acids is 1. The van der Waals surface area contributed by atoms with E-state index >= 15 is 0 Å². The molecule has 202 valence electrons. The van der Waals surface area contributed by atoms with Gasteiger partial charge in [0.15, 0.2) is 0 Å². The molecule has 0 heterocycles. The van der Waals surface area contributed by atoms with Gasteiger partial charge in [0.25, 0.3) is 20.0 Å². The molecule has 10 heteroatoms. The monoisotopic (exact) mass is 563 g/mol. The van der Waals surface area contributed by atoms with Crippen molar-refractivity contribution in [2.45, 2.75) is 30.6 Å². The lowest BCUT2D eigenvalue weighted by molar-refractivity contribution is -0.114. The number of benzene rings is 4. The van der Waals surface area contributed by atoms with Gasteiger partial charge >= 0.3 is 0 Å². The quantitative estimate of drug-likeness (QED) is 0.289. The molecule has 1 amide bonds. The Balaban J connectivity index is 1.54. The molecule has 4 aromatic rings. The van der Waals surface area contributed by atoms with Gasteiger partial charge in [0, 0.05) is 11.4 Å². The number of para-hydroxylation sites is 1. The zero-order valence-corrected chi connectivity index (χ0v) is 23.4. The Bertz CT molecular complexity index is 1700. The highest BCUT2D eigenvalue weighted by atomic mass is 32.2. The highest BCUT2D eigenvalue weighted by molar-refractivity contribution is 7.93. The van der Waals surface area contributed by atoms with E-state index in [0.29, 0.717) is 22.6 Å². The number of anilines is 3. The van der Waals surface area contributed by atoms with Crippen LogP contribution in [-0.2, 0) is 24.8 Å². The van der Waals surface area contributed by atoms with Gasteiger partial charge in [-0.3, -0.25) is 13.8 Å². The molecule has 0 bridgehead atoms. The maximum Gasteiger partial charge on any atom is 0.264 e. The maximum absolute atomic E-state index is 13.6. The zero-order valence-electron chi connectivity index (χ0n) is 21.7. The van der Waals surface area contributed by atoms with Crippen molar-refractivity contribution in [1.29, 1.82) is 0 Å². The van der Waals surface area contributed by atoms with Crippen LogP contribution in [0.2, 0.25) is 0 Å². The molecule has 0 aliphatic carbocycles. The lowest BCUT2D eigenvalue weighted by atomic mass is 10.2. The average molecular weight is 564 g/mol. The van der Waals surface area contributed by atoms with Crippen molar-refractivity contribution in [3.05, 3.63) is 114 Å². The molecule has 0 saturated heterocycles. The summed E-state index contributed by atoms with van der Waals surface area (Å²) in [7, 11) is -7.89. The van der Waals surface area contributed by atoms with Crippen molar-refractivity contribution < 1.29 is 21.6 Å². The molecule has 8 nitrogen and oxygen atoms in total. The van der Waals surface area contributed by atoms with E-state index in [4.69, 9.17) is 0 Å². The van der Waals surface area contributed by atoms with Crippen LogP contribution in [0.4, 0.5) is 17.1 Å². The molecule has 0 fully saturated rings. The second-order valence-corrected chi connectivity index (χ2v) is 12.7. The summed E-state index contributed by atoms with van der Waals surface area (Å²) in [5.41, 5.74) is 3.67. The van der Waals surface area contributed by atoms with Gasteiger partial charge in [-0.2, -0.15) is 0 Å². The number of aryl methyl sites for hydroxylation is 3. The van der Waals surface area contributed by atoms with E-state index < -0.39 is 32.5 Å². The molecule has 0 radical (unpaired) electrons. The summed E-state index contributed by atoms with van der Waals surface area (Å²) in [6, 6.07) is 26.0. The summed E-state index contributed by atoms with van der Waals surface area (Å²) in [5.74, 6) is -0.581. The zero-order chi connectivity index (χ0) is 28.2. The summed E-state index contributed by atoms with van der Waals surface area (Å²) in [5, 5.41) is 2.67. The van der Waals surface area contributed by atoms with Crippen molar-refractivity contribution in [2.75, 3.05) is 20.9 Å². The van der Waals surface area contributed by atoms with Crippen molar-refractivity contribution in [3.8, 4) is 0 Å². The Labute approximate surface area is 229 Å². The predicted octanol–water partition coefficient (Wildman–Crippen LogP) is 5.25. The first-order chi connectivity index (χ1) is 18.5. The van der Waals surface area contributed by atoms with E-state index in [1.165, 1.54) is 36.4 Å². The Morgan fingerprint density at radius 2 is 1.33 bits per heavy atom. The molecule has 0 atom stereocenters. The molecule has 39 heavy (non-hydrogen) atoms. The van der Waals surface area contributed by atoms with Crippen LogP contribution in [0.25, 0.3) is 0 Å². The second-order valence-electron chi connectivity index (χ2n) is 9.16. The minimum absolute atomic E-state index is 0.0190. The highest BCUT2D eigenvalue weighted by Gasteiger charge is 2.28. The van der Waals surface area contributed by atoms with Crippen LogP contribution in [-0.4, -0.2) is 29.3 Å². The molecule has 0 aromatic heterocycles. The van der Waals surface area contributed by atoms with Gasteiger partial charge in [-0.05, 0) is 86.5 Å².